The summed E-state index contributed by atoms with van der Waals surface area (Å²) in [5.41, 5.74) is 5.23. The molecule has 9 nitrogen and oxygen atoms in total. The van der Waals surface area contributed by atoms with Crippen LogP contribution in [0.1, 0.15) is 22.3 Å². The molecule has 3 rings (SSSR count). The zero-order chi connectivity index (χ0) is 20.3. The molecule has 0 fully saturated rings. The van der Waals surface area contributed by atoms with Gasteiger partial charge in [-0.1, -0.05) is 12.1 Å². The molecule has 0 aliphatic carbocycles. The number of hydrogen-bond donors (Lipinski definition) is 1. The molecule has 1 heterocycles. The molecule has 2 aromatic rings. The number of nitrogens with zero attached hydrogens (tertiary/aromatic N) is 2. The predicted molar refractivity (Wildman–Crippen MR) is 101 cm³/mol. The summed E-state index contributed by atoms with van der Waals surface area (Å²) < 4.78 is 15.9. The van der Waals surface area contributed by atoms with Crippen molar-refractivity contribution in [2.24, 2.45) is 5.10 Å². The summed E-state index contributed by atoms with van der Waals surface area (Å²) in [5, 5.41) is 15.0. The van der Waals surface area contributed by atoms with Crippen LogP contribution < -0.4 is 19.6 Å². The van der Waals surface area contributed by atoms with E-state index in [0.717, 1.165) is 16.7 Å². The summed E-state index contributed by atoms with van der Waals surface area (Å²) in [4.78, 5) is 22.6. The van der Waals surface area contributed by atoms with E-state index < -0.39 is 10.8 Å². The van der Waals surface area contributed by atoms with Gasteiger partial charge in [-0.15, -0.1) is 0 Å². The fourth-order valence-corrected chi connectivity index (χ4v) is 2.70. The lowest BCUT2D eigenvalue weighted by atomic mass is 10.1. The molecule has 0 saturated heterocycles. The van der Waals surface area contributed by atoms with E-state index in [2.05, 4.69) is 10.5 Å². The number of aryl methyl sites for hydroxylation is 2. The van der Waals surface area contributed by atoms with Gasteiger partial charge in [-0.05, 0) is 43.5 Å². The number of ether oxygens (including phenoxy) is 3. The highest BCUT2D eigenvalue weighted by molar-refractivity contribution is 5.88. The smallest absolute Gasteiger partial charge is 0.282 e. The van der Waals surface area contributed by atoms with Gasteiger partial charge in [-0.3, -0.25) is 14.9 Å². The van der Waals surface area contributed by atoms with Crippen LogP contribution >= 0.6 is 0 Å². The van der Waals surface area contributed by atoms with Crippen molar-refractivity contribution in [1.29, 1.82) is 0 Å². The Bertz CT molecular complexity index is 971. The lowest BCUT2D eigenvalue weighted by molar-refractivity contribution is -0.385. The minimum Gasteiger partial charge on any atom is -0.483 e. The second-order valence-corrected chi connectivity index (χ2v) is 6.26. The highest BCUT2D eigenvalue weighted by Gasteiger charge is 2.22. The van der Waals surface area contributed by atoms with E-state index >= 15 is 0 Å². The average Bonchev–Trinajstić information content (AvgIpc) is 3.11. The molecule has 0 aromatic heterocycles. The van der Waals surface area contributed by atoms with Gasteiger partial charge in [0.1, 0.15) is 5.75 Å². The van der Waals surface area contributed by atoms with Gasteiger partial charge in [0.05, 0.1) is 22.8 Å². The second-order valence-electron chi connectivity index (χ2n) is 6.26. The average molecular weight is 385 g/mol. The summed E-state index contributed by atoms with van der Waals surface area (Å²) in [6.45, 7) is 5.55. The third-order valence-electron chi connectivity index (χ3n) is 4.33. The molecular formula is C19H19N3O6. The maximum atomic E-state index is 12.0. The maximum absolute atomic E-state index is 12.0. The molecule has 2 aromatic carbocycles. The highest BCUT2D eigenvalue weighted by Crippen LogP contribution is 2.37. The van der Waals surface area contributed by atoms with Crippen molar-refractivity contribution in [3.05, 3.63) is 56.6 Å². The first-order valence-electron chi connectivity index (χ1n) is 8.46. The van der Waals surface area contributed by atoms with E-state index in [1.165, 1.54) is 18.3 Å². The fourth-order valence-electron chi connectivity index (χ4n) is 2.70. The zero-order valence-corrected chi connectivity index (χ0v) is 15.6. The number of benzene rings is 2. The van der Waals surface area contributed by atoms with Crippen molar-refractivity contribution in [1.82, 2.24) is 5.43 Å². The number of fused-ring (bicyclic) bond motifs is 1. The minimum absolute atomic E-state index is 0.00104. The van der Waals surface area contributed by atoms with Crippen molar-refractivity contribution in [2.75, 3.05) is 13.4 Å². The van der Waals surface area contributed by atoms with Crippen molar-refractivity contribution >= 4 is 17.8 Å². The van der Waals surface area contributed by atoms with E-state index in [9.17, 15) is 14.9 Å². The molecule has 0 radical (unpaired) electrons. The third-order valence-corrected chi connectivity index (χ3v) is 4.33. The van der Waals surface area contributed by atoms with Crippen LogP contribution in [0.4, 0.5) is 5.69 Å². The lowest BCUT2D eigenvalue weighted by Gasteiger charge is -2.13. The van der Waals surface area contributed by atoms with Crippen LogP contribution in [0.25, 0.3) is 0 Å². The van der Waals surface area contributed by atoms with E-state index in [1.807, 2.05) is 32.9 Å². The number of rotatable bonds is 6. The first-order valence-corrected chi connectivity index (χ1v) is 8.46. The summed E-state index contributed by atoms with van der Waals surface area (Å²) in [6, 6.07) is 6.61. The van der Waals surface area contributed by atoms with Crippen LogP contribution in [-0.2, 0) is 4.79 Å². The Morgan fingerprint density at radius 2 is 1.93 bits per heavy atom. The Kier molecular flexibility index (Phi) is 5.44. The Balaban J connectivity index is 1.65. The standard InChI is InChI=1S/C19H19N3O6/c1-11-4-5-12(2)19(13(11)3)26-9-18(23)21-20-8-14-6-16-17(28-10-27-16)7-15(14)22(24)25/h4-8H,9-10H2,1-3H3,(H,21,23)/b20-8-. The molecule has 1 aliphatic rings. The van der Waals surface area contributed by atoms with E-state index in [1.54, 1.807) is 0 Å². The summed E-state index contributed by atoms with van der Waals surface area (Å²) in [7, 11) is 0. The number of hydrogen-bond acceptors (Lipinski definition) is 7. The van der Waals surface area contributed by atoms with E-state index in [4.69, 9.17) is 14.2 Å². The summed E-state index contributed by atoms with van der Waals surface area (Å²) in [5.74, 6) is 0.850. The van der Waals surface area contributed by atoms with Crippen LogP contribution in [0.15, 0.2) is 29.4 Å². The van der Waals surface area contributed by atoms with Crippen LogP contribution in [0.3, 0.4) is 0 Å². The fraction of sp³-hybridized carbons (Fsp3) is 0.263. The quantitative estimate of drug-likeness (QED) is 0.465. The lowest BCUT2D eigenvalue weighted by Crippen LogP contribution is -2.25. The number of nitrogens with one attached hydrogen (secondary N) is 1. The molecule has 0 saturated carbocycles. The Morgan fingerprint density at radius 1 is 1.25 bits per heavy atom. The van der Waals surface area contributed by atoms with Gasteiger partial charge in [-0.2, -0.15) is 5.10 Å². The van der Waals surface area contributed by atoms with Crippen LogP contribution in [0, 0.1) is 30.9 Å². The molecule has 0 atom stereocenters. The van der Waals surface area contributed by atoms with E-state index in [-0.39, 0.29) is 24.7 Å². The number of nitro benzene ring substituents is 1. The third kappa shape index (κ3) is 4.03. The molecule has 1 N–H and O–H groups in total. The Hall–Kier alpha value is -3.62. The minimum atomic E-state index is -0.558. The number of carbonyl (C=O) groups is 1. The number of carbonyl (C=O) groups excluding carboxylic acids is 1. The number of nitro groups is 1. The Morgan fingerprint density at radius 3 is 2.64 bits per heavy atom. The normalized spacial score (nSPS) is 12.2. The van der Waals surface area contributed by atoms with E-state index in [0.29, 0.717) is 17.2 Å². The molecule has 9 heteroatoms. The van der Waals surface area contributed by atoms with Crippen LogP contribution in [-0.4, -0.2) is 30.4 Å². The first kappa shape index (κ1) is 19.2. The van der Waals surface area contributed by atoms with Gasteiger partial charge in [0.25, 0.3) is 11.6 Å². The van der Waals surface area contributed by atoms with Crippen molar-refractivity contribution in [3.8, 4) is 17.2 Å². The van der Waals surface area contributed by atoms with Gasteiger partial charge in [0, 0.05) is 0 Å². The molecular weight excluding hydrogens is 366 g/mol. The summed E-state index contributed by atoms with van der Waals surface area (Å²) in [6.07, 6.45) is 1.18. The van der Waals surface area contributed by atoms with Crippen LogP contribution in [0.5, 0.6) is 17.2 Å². The molecule has 28 heavy (non-hydrogen) atoms. The number of amides is 1. The van der Waals surface area contributed by atoms with Crippen LogP contribution in [0.2, 0.25) is 0 Å². The van der Waals surface area contributed by atoms with Gasteiger partial charge >= 0.3 is 0 Å². The van der Waals surface area contributed by atoms with Gasteiger partial charge in [0.15, 0.2) is 18.1 Å². The topological polar surface area (TPSA) is 112 Å². The largest absolute Gasteiger partial charge is 0.483 e. The predicted octanol–water partition coefficient (Wildman–Crippen LogP) is 2.78. The number of hydrazone groups is 1. The SMILES string of the molecule is Cc1ccc(C)c(OCC(=O)N/N=C\c2cc3c(cc2[N+](=O)[O-])OCO3)c1C. The van der Waals surface area contributed by atoms with Gasteiger partial charge < -0.3 is 14.2 Å². The van der Waals surface area contributed by atoms with Gasteiger partial charge in [0.2, 0.25) is 6.79 Å². The molecule has 0 bridgehead atoms. The zero-order valence-electron chi connectivity index (χ0n) is 15.6. The second kappa shape index (κ2) is 7.95. The molecule has 146 valence electrons. The molecule has 0 unspecified atom stereocenters. The highest BCUT2D eigenvalue weighted by atomic mass is 16.7. The monoisotopic (exact) mass is 385 g/mol. The first-order chi connectivity index (χ1) is 13.4. The van der Waals surface area contributed by atoms with Crippen molar-refractivity contribution in [3.63, 3.8) is 0 Å². The maximum Gasteiger partial charge on any atom is 0.282 e. The van der Waals surface area contributed by atoms with Crippen molar-refractivity contribution < 1.29 is 23.9 Å². The Labute approximate surface area is 161 Å². The van der Waals surface area contributed by atoms with Gasteiger partial charge in [-0.25, -0.2) is 5.43 Å². The summed E-state index contributed by atoms with van der Waals surface area (Å²) >= 11 is 0. The van der Waals surface area contributed by atoms with Crippen molar-refractivity contribution in [2.45, 2.75) is 20.8 Å². The molecule has 0 spiro atoms. The molecule has 1 amide bonds. The molecule has 1 aliphatic heterocycles.